The van der Waals surface area contributed by atoms with E-state index in [9.17, 15) is 30.4 Å². The molecule has 210 valence electrons. The van der Waals surface area contributed by atoms with Crippen molar-refractivity contribution < 1.29 is 35.1 Å². The number of halogens is 2. The fourth-order valence-corrected chi connectivity index (χ4v) is 5.42. The van der Waals surface area contributed by atoms with Gasteiger partial charge in [-0.3, -0.25) is 9.52 Å². The zero-order valence-corrected chi connectivity index (χ0v) is 23.1. The van der Waals surface area contributed by atoms with Gasteiger partial charge in [-0.15, -0.1) is 0 Å². The molecule has 0 atom stereocenters. The number of hydrogen-bond donors (Lipinski definition) is 1. The number of benzene rings is 3. The molecule has 0 bridgehead atoms. The maximum atomic E-state index is 14.4. The van der Waals surface area contributed by atoms with E-state index in [0.717, 1.165) is 30.5 Å². The average molecular weight is 591 g/mol. The van der Waals surface area contributed by atoms with Gasteiger partial charge in [0.1, 0.15) is 17.3 Å². The third-order valence-corrected chi connectivity index (χ3v) is 8.21. The molecule has 4 aromatic rings. The molecule has 0 aliphatic heterocycles. The molecule has 1 N–H and O–H groups in total. The minimum Gasteiger partial charge on any atom is -0.493 e. The Morgan fingerprint density at radius 3 is 2.10 bits per heavy atom. The van der Waals surface area contributed by atoms with Gasteiger partial charge in [-0.2, -0.15) is 0 Å². The van der Waals surface area contributed by atoms with Crippen molar-refractivity contribution in [3.8, 4) is 28.4 Å². The van der Waals surface area contributed by atoms with Gasteiger partial charge in [0.05, 0.1) is 16.4 Å². The minimum absolute atomic E-state index is 0.0404. The Hall–Kier alpha value is -4.23. The molecule has 1 aromatic heterocycles. The van der Waals surface area contributed by atoms with Gasteiger partial charge < -0.3 is 14.0 Å². The zero-order chi connectivity index (χ0) is 29.2. The molecule has 0 amide bonds. The highest BCUT2D eigenvalue weighted by atomic mass is 32.2. The number of sulfone groups is 1. The smallest absolute Gasteiger partial charge is 0.261 e. The first-order valence-electron chi connectivity index (χ1n) is 11.7. The summed E-state index contributed by atoms with van der Waals surface area (Å²) in [6.45, 7) is 1.92. The maximum absolute atomic E-state index is 14.4. The van der Waals surface area contributed by atoms with E-state index in [1.807, 2.05) is 0 Å². The number of aromatic nitrogens is 1. The molecular weight excluding hydrogens is 566 g/mol. The Balaban J connectivity index is 1.82. The molecule has 40 heavy (non-hydrogen) atoms. The molecule has 4 rings (SSSR count). The Morgan fingerprint density at radius 1 is 0.825 bits per heavy atom. The van der Waals surface area contributed by atoms with Crippen LogP contribution in [0.5, 0.6) is 17.2 Å². The van der Waals surface area contributed by atoms with Crippen LogP contribution in [0.15, 0.2) is 87.5 Å². The summed E-state index contributed by atoms with van der Waals surface area (Å²) in [5, 5.41) is 0. The number of nitrogens with one attached hydrogen (secondary N) is 1. The highest BCUT2D eigenvalue weighted by Crippen LogP contribution is 2.40. The zero-order valence-electron chi connectivity index (χ0n) is 21.5. The molecule has 0 saturated heterocycles. The van der Waals surface area contributed by atoms with Crippen molar-refractivity contribution in [2.24, 2.45) is 7.05 Å². The second-order valence-corrected chi connectivity index (χ2v) is 12.4. The van der Waals surface area contributed by atoms with Crippen molar-refractivity contribution in [1.82, 2.24) is 4.57 Å². The lowest BCUT2D eigenvalue weighted by atomic mass is 10.0. The van der Waals surface area contributed by atoms with Crippen LogP contribution in [0.1, 0.15) is 6.92 Å². The number of rotatable bonds is 9. The van der Waals surface area contributed by atoms with E-state index in [0.29, 0.717) is 11.6 Å². The van der Waals surface area contributed by atoms with E-state index < -0.39 is 31.5 Å². The van der Waals surface area contributed by atoms with Gasteiger partial charge in [0.2, 0.25) is 0 Å². The largest absolute Gasteiger partial charge is 0.493 e. The highest BCUT2D eigenvalue weighted by Gasteiger charge is 2.20. The quantitative estimate of drug-likeness (QED) is 0.299. The molecule has 0 unspecified atom stereocenters. The van der Waals surface area contributed by atoms with Gasteiger partial charge in [0.25, 0.3) is 15.6 Å². The van der Waals surface area contributed by atoms with E-state index in [2.05, 4.69) is 4.72 Å². The van der Waals surface area contributed by atoms with Crippen LogP contribution >= 0.6 is 0 Å². The molecule has 0 aliphatic rings. The van der Waals surface area contributed by atoms with Crippen LogP contribution in [0.4, 0.5) is 14.5 Å². The van der Waals surface area contributed by atoms with Gasteiger partial charge in [-0.1, -0.05) is 0 Å². The Labute approximate surface area is 229 Å². The van der Waals surface area contributed by atoms with Gasteiger partial charge in [-0.05, 0) is 61.5 Å². The molecule has 0 saturated carbocycles. The fraction of sp³-hybridized carbons (Fsp3) is 0.148. The first-order valence-corrected chi connectivity index (χ1v) is 15.1. The normalized spacial score (nSPS) is 11.7. The molecule has 0 aliphatic carbocycles. The van der Waals surface area contributed by atoms with E-state index in [-0.39, 0.29) is 50.5 Å². The van der Waals surface area contributed by atoms with Gasteiger partial charge in [0, 0.05) is 48.4 Å². The molecule has 3 aromatic carbocycles. The molecule has 0 radical (unpaired) electrons. The number of nitrogens with zero attached hydrogens (tertiary/aromatic N) is 1. The average Bonchev–Trinajstić information content (AvgIpc) is 2.88. The second-order valence-electron chi connectivity index (χ2n) is 8.67. The van der Waals surface area contributed by atoms with Crippen molar-refractivity contribution >= 4 is 25.5 Å². The molecule has 0 spiro atoms. The van der Waals surface area contributed by atoms with Gasteiger partial charge in [-0.25, -0.2) is 25.6 Å². The van der Waals surface area contributed by atoms with Crippen molar-refractivity contribution in [1.29, 1.82) is 0 Å². The Bertz CT molecular complexity index is 1860. The summed E-state index contributed by atoms with van der Waals surface area (Å²) in [6.07, 6.45) is 2.46. The Kier molecular flexibility index (Phi) is 7.98. The molecule has 1 heterocycles. The van der Waals surface area contributed by atoms with Crippen molar-refractivity contribution in [2.45, 2.75) is 16.7 Å². The summed E-state index contributed by atoms with van der Waals surface area (Å²) in [4.78, 5) is 12.1. The van der Waals surface area contributed by atoms with Crippen LogP contribution < -0.4 is 19.8 Å². The third kappa shape index (κ3) is 6.32. The predicted molar refractivity (Wildman–Crippen MR) is 145 cm³/mol. The minimum atomic E-state index is -4.17. The summed E-state index contributed by atoms with van der Waals surface area (Å²) in [7, 11) is -6.18. The standard InChI is InChI=1S/C27H24F2N2O7S2/c1-4-37-26-15-27(32)31(2)16-22(26)21-14-18(6-12-24(21)38-25-11-5-17(28)13-23(25)29)30-40(35,36)20-9-7-19(8-10-20)39(3,33)34/h5-16,30H,4H2,1-3H3. The number of sulfonamides is 1. The van der Waals surface area contributed by atoms with Crippen LogP contribution in [0, 0.1) is 11.6 Å². The summed E-state index contributed by atoms with van der Waals surface area (Å²) >= 11 is 0. The maximum Gasteiger partial charge on any atom is 0.261 e. The molecule has 9 nitrogen and oxygen atoms in total. The van der Waals surface area contributed by atoms with Crippen LogP contribution in [0.2, 0.25) is 0 Å². The molecular formula is C27H24F2N2O7S2. The van der Waals surface area contributed by atoms with Crippen LogP contribution in [0.3, 0.4) is 0 Å². The van der Waals surface area contributed by atoms with Crippen molar-refractivity contribution in [3.05, 3.63) is 94.9 Å². The van der Waals surface area contributed by atoms with Crippen LogP contribution in [-0.4, -0.2) is 34.3 Å². The van der Waals surface area contributed by atoms with Crippen molar-refractivity contribution in [2.75, 3.05) is 17.6 Å². The number of anilines is 1. The first-order chi connectivity index (χ1) is 18.8. The third-order valence-electron chi connectivity index (χ3n) is 5.69. The topological polar surface area (TPSA) is 121 Å². The number of ether oxygens (including phenoxy) is 2. The lowest BCUT2D eigenvalue weighted by molar-refractivity contribution is 0.340. The van der Waals surface area contributed by atoms with E-state index in [1.54, 1.807) is 6.92 Å². The van der Waals surface area contributed by atoms with Gasteiger partial charge in [0.15, 0.2) is 21.4 Å². The van der Waals surface area contributed by atoms with Crippen LogP contribution in [0.25, 0.3) is 11.1 Å². The van der Waals surface area contributed by atoms with E-state index >= 15 is 0 Å². The summed E-state index contributed by atoms with van der Waals surface area (Å²) in [5.74, 6) is -1.81. The summed E-state index contributed by atoms with van der Waals surface area (Å²) in [5.41, 5.74) is 0.273. The monoisotopic (exact) mass is 590 g/mol. The highest BCUT2D eigenvalue weighted by molar-refractivity contribution is 7.92. The van der Waals surface area contributed by atoms with Gasteiger partial charge >= 0.3 is 0 Å². The SMILES string of the molecule is CCOc1cc(=O)n(C)cc1-c1cc(NS(=O)(=O)c2ccc(S(C)(=O)=O)cc2)ccc1Oc1ccc(F)cc1F. The molecule has 13 heteroatoms. The van der Waals surface area contributed by atoms with E-state index in [1.165, 1.54) is 54.2 Å². The van der Waals surface area contributed by atoms with Crippen molar-refractivity contribution in [3.63, 3.8) is 0 Å². The number of pyridine rings is 1. The lowest BCUT2D eigenvalue weighted by Crippen LogP contribution is -2.16. The second kappa shape index (κ2) is 11.1. The molecule has 0 fully saturated rings. The first kappa shape index (κ1) is 28.8. The Morgan fingerprint density at radius 2 is 1.48 bits per heavy atom. The number of aryl methyl sites for hydroxylation is 1. The fourth-order valence-electron chi connectivity index (χ4n) is 3.74. The predicted octanol–water partition coefficient (Wildman–Crippen LogP) is 4.73. The summed E-state index contributed by atoms with van der Waals surface area (Å²) < 4.78 is 92.6. The lowest BCUT2D eigenvalue weighted by Gasteiger charge is -2.18. The number of hydrogen-bond acceptors (Lipinski definition) is 7. The van der Waals surface area contributed by atoms with Crippen LogP contribution in [-0.2, 0) is 26.9 Å². The van der Waals surface area contributed by atoms with E-state index in [4.69, 9.17) is 9.47 Å². The summed E-state index contributed by atoms with van der Waals surface area (Å²) in [6, 6.07) is 12.9.